The molecule has 1 aromatic rings. The van der Waals surface area contributed by atoms with Crippen molar-refractivity contribution >= 4 is 0 Å². The van der Waals surface area contributed by atoms with E-state index in [0.29, 0.717) is 6.04 Å². The minimum Gasteiger partial charge on any atom is -0.293 e. The van der Waals surface area contributed by atoms with Gasteiger partial charge < -0.3 is 0 Å². The van der Waals surface area contributed by atoms with E-state index in [-0.39, 0.29) is 0 Å². The Kier molecular flexibility index (Phi) is 3.81. The molecule has 0 heterocycles. The van der Waals surface area contributed by atoms with Crippen LogP contribution in [0.3, 0.4) is 0 Å². The highest BCUT2D eigenvalue weighted by Crippen LogP contribution is 2.38. The third-order valence-electron chi connectivity index (χ3n) is 4.99. The zero-order valence-electron chi connectivity index (χ0n) is 12.4. The lowest BCUT2D eigenvalue weighted by Crippen LogP contribution is -2.45. The molecule has 1 N–H and O–H groups in total. The monoisotopic (exact) mass is 268 g/mol. The van der Waals surface area contributed by atoms with Gasteiger partial charge in [0.2, 0.25) is 0 Å². The standard InChI is InChI=1S/C18H24N2/c1-14-8-9-15-10-11-18(13-19,17(15)12-14)20-16-6-4-2-3-5-7-16/h8-9,12,16,20H,2-7,10-11H2,1H3. The zero-order chi connectivity index (χ0) is 14.0. The number of rotatable bonds is 2. The molecule has 1 aromatic carbocycles. The van der Waals surface area contributed by atoms with E-state index in [2.05, 4.69) is 36.5 Å². The van der Waals surface area contributed by atoms with Crippen LogP contribution in [0, 0.1) is 18.3 Å². The second-order valence-electron chi connectivity index (χ2n) is 6.51. The molecule has 0 aliphatic heterocycles. The average molecular weight is 268 g/mol. The molecule has 0 spiro atoms. The first-order valence-electron chi connectivity index (χ1n) is 8.02. The van der Waals surface area contributed by atoms with Crippen molar-refractivity contribution in [1.82, 2.24) is 5.32 Å². The van der Waals surface area contributed by atoms with Crippen LogP contribution in [0.5, 0.6) is 0 Å². The second kappa shape index (κ2) is 5.58. The van der Waals surface area contributed by atoms with E-state index in [1.54, 1.807) is 0 Å². The molecule has 106 valence electrons. The summed E-state index contributed by atoms with van der Waals surface area (Å²) in [6.45, 7) is 2.12. The first-order valence-corrected chi connectivity index (χ1v) is 8.02. The summed E-state index contributed by atoms with van der Waals surface area (Å²) in [7, 11) is 0. The fourth-order valence-electron chi connectivity index (χ4n) is 3.83. The van der Waals surface area contributed by atoms with Gasteiger partial charge in [-0.1, -0.05) is 49.4 Å². The Hall–Kier alpha value is -1.33. The Labute approximate surface area is 122 Å². The van der Waals surface area contributed by atoms with Crippen molar-refractivity contribution in [3.8, 4) is 6.07 Å². The van der Waals surface area contributed by atoms with Gasteiger partial charge in [-0.2, -0.15) is 5.26 Å². The molecule has 0 aromatic heterocycles. The third-order valence-corrected chi connectivity index (χ3v) is 4.99. The largest absolute Gasteiger partial charge is 0.293 e. The van der Waals surface area contributed by atoms with E-state index in [4.69, 9.17) is 0 Å². The topological polar surface area (TPSA) is 35.8 Å². The van der Waals surface area contributed by atoms with E-state index in [1.165, 1.54) is 55.2 Å². The van der Waals surface area contributed by atoms with Crippen molar-refractivity contribution in [2.75, 3.05) is 0 Å². The molecule has 20 heavy (non-hydrogen) atoms. The van der Waals surface area contributed by atoms with Gasteiger partial charge in [-0.3, -0.25) is 5.32 Å². The summed E-state index contributed by atoms with van der Waals surface area (Å²) in [5, 5.41) is 13.6. The van der Waals surface area contributed by atoms with Crippen LogP contribution in [-0.4, -0.2) is 6.04 Å². The van der Waals surface area contributed by atoms with Gasteiger partial charge in [-0.05, 0) is 43.7 Å². The quantitative estimate of drug-likeness (QED) is 0.824. The molecule has 1 saturated carbocycles. The molecule has 0 bridgehead atoms. The highest BCUT2D eigenvalue weighted by atomic mass is 15.0. The summed E-state index contributed by atoms with van der Waals surface area (Å²) in [5.74, 6) is 0. The van der Waals surface area contributed by atoms with Crippen LogP contribution in [0.15, 0.2) is 18.2 Å². The van der Waals surface area contributed by atoms with Crippen molar-refractivity contribution in [3.05, 3.63) is 34.9 Å². The SMILES string of the molecule is Cc1ccc2c(c1)C(C#N)(NC1CCCCCC1)CC2. The fourth-order valence-corrected chi connectivity index (χ4v) is 3.83. The highest BCUT2D eigenvalue weighted by molar-refractivity contribution is 5.45. The van der Waals surface area contributed by atoms with Gasteiger partial charge in [0.05, 0.1) is 6.07 Å². The lowest BCUT2D eigenvalue weighted by Gasteiger charge is -2.30. The average Bonchev–Trinajstić information content (AvgIpc) is 2.63. The van der Waals surface area contributed by atoms with Gasteiger partial charge in [0.15, 0.2) is 0 Å². The van der Waals surface area contributed by atoms with Crippen LogP contribution >= 0.6 is 0 Å². The Balaban J connectivity index is 1.86. The smallest absolute Gasteiger partial charge is 0.133 e. The van der Waals surface area contributed by atoms with Crippen molar-refractivity contribution < 1.29 is 0 Å². The summed E-state index contributed by atoms with van der Waals surface area (Å²) in [4.78, 5) is 0. The number of fused-ring (bicyclic) bond motifs is 1. The minimum absolute atomic E-state index is 0.434. The summed E-state index contributed by atoms with van der Waals surface area (Å²) in [5.41, 5.74) is 3.42. The van der Waals surface area contributed by atoms with Crippen molar-refractivity contribution in [2.45, 2.75) is 69.9 Å². The Morgan fingerprint density at radius 2 is 1.95 bits per heavy atom. The minimum atomic E-state index is -0.434. The van der Waals surface area contributed by atoms with Gasteiger partial charge in [-0.15, -0.1) is 0 Å². The Bertz CT molecular complexity index is 521. The molecule has 0 amide bonds. The van der Waals surface area contributed by atoms with Gasteiger partial charge in [0.25, 0.3) is 0 Å². The van der Waals surface area contributed by atoms with Crippen LogP contribution in [-0.2, 0) is 12.0 Å². The van der Waals surface area contributed by atoms with E-state index in [0.717, 1.165) is 12.8 Å². The van der Waals surface area contributed by atoms with Gasteiger partial charge in [0, 0.05) is 6.04 Å². The molecule has 2 nitrogen and oxygen atoms in total. The van der Waals surface area contributed by atoms with Crippen LogP contribution < -0.4 is 5.32 Å². The molecule has 2 heteroatoms. The number of benzene rings is 1. The maximum atomic E-state index is 9.84. The fraction of sp³-hybridized carbons (Fsp3) is 0.611. The van der Waals surface area contributed by atoms with E-state index in [9.17, 15) is 5.26 Å². The third kappa shape index (κ3) is 2.47. The Morgan fingerprint density at radius 1 is 1.20 bits per heavy atom. The molecule has 3 rings (SSSR count). The maximum Gasteiger partial charge on any atom is 0.133 e. The summed E-state index contributed by atoms with van der Waals surface area (Å²) in [6.07, 6.45) is 9.73. The van der Waals surface area contributed by atoms with E-state index >= 15 is 0 Å². The molecule has 2 aliphatic rings. The molecule has 1 atom stereocenters. The first kappa shape index (κ1) is 13.6. The summed E-state index contributed by atoms with van der Waals surface area (Å²) >= 11 is 0. The lowest BCUT2D eigenvalue weighted by molar-refractivity contribution is 0.334. The molecule has 1 unspecified atom stereocenters. The predicted molar refractivity (Wildman–Crippen MR) is 81.4 cm³/mol. The molecular weight excluding hydrogens is 244 g/mol. The summed E-state index contributed by atoms with van der Waals surface area (Å²) < 4.78 is 0. The molecule has 2 aliphatic carbocycles. The molecular formula is C18H24N2. The van der Waals surface area contributed by atoms with Crippen LogP contribution in [0.4, 0.5) is 0 Å². The van der Waals surface area contributed by atoms with Gasteiger partial charge >= 0.3 is 0 Å². The number of nitriles is 1. The maximum absolute atomic E-state index is 9.84. The second-order valence-corrected chi connectivity index (χ2v) is 6.51. The molecule has 1 fully saturated rings. The van der Waals surface area contributed by atoms with Crippen molar-refractivity contribution in [2.24, 2.45) is 0 Å². The van der Waals surface area contributed by atoms with Gasteiger partial charge in [0.1, 0.15) is 5.54 Å². The Morgan fingerprint density at radius 3 is 2.65 bits per heavy atom. The number of hydrogen-bond donors (Lipinski definition) is 1. The van der Waals surface area contributed by atoms with E-state index in [1.807, 2.05) is 0 Å². The zero-order valence-corrected chi connectivity index (χ0v) is 12.4. The highest BCUT2D eigenvalue weighted by Gasteiger charge is 2.40. The normalized spacial score (nSPS) is 26.8. The van der Waals surface area contributed by atoms with Crippen molar-refractivity contribution in [1.29, 1.82) is 5.26 Å². The number of aryl methyl sites for hydroxylation is 2. The first-order chi connectivity index (χ1) is 9.73. The van der Waals surface area contributed by atoms with Crippen LogP contribution in [0.2, 0.25) is 0 Å². The predicted octanol–water partition coefficient (Wildman–Crippen LogP) is 3.97. The number of nitrogens with one attached hydrogen (secondary N) is 1. The summed E-state index contributed by atoms with van der Waals surface area (Å²) in [6, 6.07) is 9.72. The van der Waals surface area contributed by atoms with Gasteiger partial charge in [-0.25, -0.2) is 0 Å². The van der Waals surface area contributed by atoms with E-state index < -0.39 is 5.54 Å². The van der Waals surface area contributed by atoms with Crippen molar-refractivity contribution in [3.63, 3.8) is 0 Å². The van der Waals surface area contributed by atoms with Crippen LogP contribution in [0.1, 0.15) is 61.6 Å². The molecule has 0 radical (unpaired) electrons. The number of hydrogen-bond acceptors (Lipinski definition) is 2. The van der Waals surface area contributed by atoms with Crippen LogP contribution in [0.25, 0.3) is 0 Å². The molecule has 0 saturated heterocycles. The lowest BCUT2D eigenvalue weighted by atomic mass is 9.90. The number of nitrogens with zero attached hydrogens (tertiary/aromatic N) is 1.